The summed E-state index contributed by atoms with van der Waals surface area (Å²) in [5, 5.41) is 6.13. The normalized spacial score (nSPS) is 26.6. The molecular weight excluding hydrogens is 324 g/mol. The lowest BCUT2D eigenvalue weighted by atomic mass is 9.84. The van der Waals surface area contributed by atoms with E-state index >= 15 is 0 Å². The first-order chi connectivity index (χ1) is 12.3. The van der Waals surface area contributed by atoms with Crippen molar-refractivity contribution in [1.82, 2.24) is 10.6 Å². The number of aryl methyl sites for hydroxylation is 1. The van der Waals surface area contributed by atoms with Crippen LogP contribution in [-0.2, 0) is 4.79 Å². The van der Waals surface area contributed by atoms with Crippen molar-refractivity contribution >= 4 is 11.8 Å². The Hall–Kier alpha value is -1.84. The van der Waals surface area contributed by atoms with Gasteiger partial charge in [-0.25, -0.2) is 0 Å². The van der Waals surface area contributed by atoms with E-state index in [0.29, 0.717) is 11.5 Å². The molecule has 2 bridgehead atoms. The first kappa shape index (κ1) is 18.9. The van der Waals surface area contributed by atoms with Gasteiger partial charge in [-0.05, 0) is 68.9 Å². The van der Waals surface area contributed by atoms with Gasteiger partial charge in [-0.2, -0.15) is 0 Å². The maximum absolute atomic E-state index is 12.9. The van der Waals surface area contributed by atoms with Gasteiger partial charge in [0.05, 0.1) is 0 Å². The van der Waals surface area contributed by atoms with Crippen LogP contribution in [0.1, 0.15) is 62.4 Å². The molecule has 26 heavy (non-hydrogen) atoms. The molecule has 2 aliphatic rings. The summed E-state index contributed by atoms with van der Waals surface area (Å²) in [6.45, 7) is 8.06. The Labute approximate surface area is 157 Å². The van der Waals surface area contributed by atoms with Gasteiger partial charge in [0.25, 0.3) is 5.91 Å². The van der Waals surface area contributed by atoms with Gasteiger partial charge in [-0.1, -0.05) is 38.0 Å². The Bertz CT molecular complexity index is 653. The summed E-state index contributed by atoms with van der Waals surface area (Å²) in [5.74, 6) is 2.03. The third-order valence-electron chi connectivity index (χ3n) is 6.35. The topological polar surface area (TPSA) is 58.2 Å². The van der Waals surface area contributed by atoms with E-state index in [1.165, 1.54) is 25.7 Å². The van der Waals surface area contributed by atoms with Crippen molar-refractivity contribution in [2.24, 2.45) is 23.7 Å². The molecule has 0 unspecified atom stereocenters. The number of carbonyl (C=O) groups is 2. The van der Waals surface area contributed by atoms with Gasteiger partial charge in [0, 0.05) is 11.6 Å². The average molecular weight is 357 g/mol. The lowest BCUT2D eigenvalue weighted by Crippen LogP contribution is -2.53. The zero-order valence-electron chi connectivity index (χ0n) is 16.4. The first-order valence-corrected chi connectivity index (χ1v) is 10.0. The summed E-state index contributed by atoms with van der Waals surface area (Å²) in [6, 6.07) is 7.10. The molecule has 4 heteroatoms. The summed E-state index contributed by atoms with van der Waals surface area (Å²) in [7, 11) is 0. The van der Waals surface area contributed by atoms with Crippen LogP contribution in [0.4, 0.5) is 0 Å². The summed E-state index contributed by atoms with van der Waals surface area (Å²) in [4.78, 5) is 25.4. The Morgan fingerprint density at radius 3 is 2.23 bits per heavy atom. The van der Waals surface area contributed by atoms with E-state index in [-0.39, 0.29) is 23.8 Å². The molecule has 0 radical (unpaired) electrons. The van der Waals surface area contributed by atoms with Crippen molar-refractivity contribution in [3.8, 4) is 0 Å². The minimum Gasteiger partial charge on any atom is -0.352 e. The molecule has 1 aromatic carbocycles. The monoisotopic (exact) mass is 356 g/mol. The van der Waals surface area contributed by atoms with Crippen LogP contribution in [-0.4, -0.2) is 23.9 Å². The minimum atomic E-state index is -0.509. The van der Waals surface area contributed by atoms with Crippen LogP contribution < -0.4 is 10.6 Å². The Kier molecular flexibility index (Phi) is 5.69. The molecule has 0 aliphatic heterocycles. The van der Waals surface area contributed by atoms with Crippen molar-refractivity contribution in [2.45, 2.75) is 65.5 Å². The van der Waals surface area contributed by atoms with Crippen LogP contribution >= 0.6 is 0 Å². The Morgan fingerprint density at radius 1 is 1.00 bits per heavy atom. The highest BCUT2D eigenvalue weighted by Crippen LogP contribution is 2.49. The Morgan fingerprint density at radius 2 is 1.69 bits per heavy atom. The van der Waals surface area contributed by atoms with Gasteiger partial charge in [-0.15, -0.1) is 0 Å². The maximum atomic E-state index is 12.9. The molecule has 0 aromatic heterocycles. The molecule has 2 N–H and O–H groups in total. The second-order valence-electron chi connectivity index (χ2n) is 8.70. The lowest BCUT2D eigenvalue weighted by molar-refractivity contribution is -0.125. The molecule has 0 saturated heterocycles. The fraction of sp³-hybridized carbons (Fsp3) is 0.636. The molecule has 0 heterocycles. The van der Waals surface area contributed by atoms with Gasteiger partial charge in [0.15, 0.2) is 0 Å². The van der Waals surface area contributed by atoms with E-state index in [1.54, 1.807) is 12.1 Å². The fourth-order valence-electron chi connectivity index (χ4n) is 4.79. The summed E-state index contributed by atoms with van der Waals surface area (Å²) in [6.07, 6.45) is 5.26. The van der Waals surface area contributed by atoms with Gasteiger partial charge < -0.3 is 10.6 Å². The summed E-state index contributed by atoms with van der Waals surface area (Å²) in [5.41, 5.74) is 1.70. The minimum absolute atomic E-state index is 0.0385. The number of rotatable bonds is 6. The molecule has 1 aromatic rings. The third kappa shape index (κ3) is 4.11. The zero-order chi connectivity index (χ0) is 18.8. The van der Waals surface area contributed by atoms with Crippen molar-refractivity contribution in [1.29, 1.82) is 0 Å². The molecule has 142 valence electrons. The van der Waals surface area contributed by atoms with E-state index in [1.807, 2.05) is 32.9 Å². The zero-order valence-corrected chi connectivity index (χ0v) is 16.4. The van der Waals surface area contributed by atoms with Crippen molar-refractivity contribution < 1.29 is 9.59 Å². The highest BCUT2D eigenvalue weighted by atomic mass is 16.2. The number of hydrogen-bond acceptors (Lipinski definition) is 2. The second-order valence-corrected chi connectivity index (χ2v) is 8.70. The van der Waals surface area contributed by atoms with Gasteiger partial charge in [-0.3, -0.25) is 9.59 Å². The molecule has 5 atom stereocenters. The molecule has 2 aliphatic carbocycles. The summed E-state index contributed by atoms with van der Waals surface area (Å²) < 4.78 is 0. The standard InChI is InChI=1S/C22H32N2O2/c1-13(2)20(24-21(25)17-8-5-14(3)6-9-17)22(26)23-15(4)19-12-16-7-10-18(19)11-16/h5-6,8-9,13,15-16,18-20H,7,10-12H2,1-4H3,(H,23,26)(H,24,25)/t15-,16+,18+,19-,20+/m1/s1. The number of carbonyl (C=O) groups excluding carboxylic acids is 2. The Balaban J connectivity index is 1.60. The predicted octanol–water partition coefficient (Wildman–Crippen LogP) is 3.69. The molecule has 2 saturated carbocycles. The first-order valence-electron chi connectivity index (χ1n) is 10.0. The largest absolute Gasteiger partial charge is 0.352 e. The predicted molar refractivity (Wildman–Crippen MR) is 104 cm³/mol. The van der Waals surface area contributed by atoms with Crippen LogP contribution in [0.3, 0.4) is 0 Å². The number of benzene rings is 1. The van der Waals surface area contributed by atoms with Crippen molar-refractivity contribution in [3.63, 3.8) is 0 Å². The quantitative estimate of drug-likeness (QED) is 0.817. The van der Waals surface area contributed by atoms with E-state index in [2.05, 4.69) is 17.6 Å². The van der Waals surface area contributed by atoms with Crippen LogP contribution in [0, 0.1) is 30.6 Å². The highest BCUT2D eigenvalue weighted by Gasteiger charge is 2.42. The fourth-order valence-corrected chi connectivity index (χ4v) is 4.79. The SMILES string of the molecule is Cc1ccc(C(=O)N[C@H](C(=O)N[C@H](C)[C@H]2C[C@H]3CC[C@H]2C3)C(C)C)cc1. The van der Waals surface area contributed by atoms with Crippen LogP contribution in [0.2, 0.25) is 0 Å². The summed E-state index contributed by atoms with van der Waals surface area (Å²) >= 11 is 0. The van der Waals surface area contributed by atoms with Crippen LogP contribution in [0.15, 0.2) is 24.3 Å². The molecule has 3 rings (SSSR count). The van der Waals surface area contributed by atoms with Crippen LogP contribution in [0.25, 0.3) is 0 Å². The van der Waals surface area contributed by atoms with E-state index in [0.717, 1.165) is 17.4 Å². The maximum Gasteiger partial charge on any atom is 0.251 e. The number of hydrogen-bond donors (Lipinski definition) is 2. The average Bonchev–Trinajstić information content (AvgIpc) is 3.23. The second kappa shape index (κ2) is 7.81. The molecular formula is C22H32N2O2. The van der Waals surface area contributed by atoms with E-state index in [9.17, 15) is 9.59 Å². The number of nitrogens with one attached hydrogen (secondary N) is 2. The molecule has 0 spiro atoms. The van der Waals surface area contributed by atoms with E-state index < -0.39 is 6.04 Å². The molecule has 4 nitrogen and oxygen atoms in total. The smallest absolute Gasteiger partial charge is 0.251 e. The van der Waals surface area contributed by atoms with Crippen molar-refractivity contribution in [2.75, 3.05) is 0 Å². The van der Waals surface area contributed by atoms with Crippen molar-refractivity contribution in [3.05, 3.63) is 35.4 Å². The van der Waals surface area contributed by atoms with Gasteiger partial charge in [0.2, 0.25) is 5.91 Å². The number of amides is 2. The van der Waals surface area contributed by atoms with Crippen LogP contribution in [0.5, 0.6) is 0 Å². The van der Waals surface area contributed by atoms with Gasteiger partial charge >= 0.3 is 0 Å². The lowest BCUT2D eigenvalue weighted by Gasteiger charge is -2.31. The van der Waals surface area contributed by atoms with E-state index in [4.69, 9.17) is 0 Å². The third-order valence-corrected chi connectivity index (χ3v) is 6.35. The molecule has 2 amide bonds. The highest BCUT2D eigenvalue weighted by molar-refractivity contribution is 5.97. The molecule has 2 fully saturated rings. The van der Waals surface area contributed by atoms with Gasteiger partial charge in [0.1, 0.15) is 6.04 Å². The number of fused-ring (bicyclic) bond motifs is 2.